The maximum atomic E-state index is 9.67. The Bertz CT molecular complexity index is 213. The fourth-order valence-electron chi connectivity index (χ4n) is 0.711. The minimum atomic E-state index is -3.10. The number of hydrogen-bond acceptors (Lipinski definition) is 4. The highest BCUT2D eigenvalue weighted by Crippen LogP contribution is 2.50. The summed E-state index contributed by atoms with van der Waals surface area (Å²) >= 11 is 4.86. The molecule has 0 aliphatic heterocycles. The van der Waals surface area contributed by atoms with Crippen molar-refractivity contribution in [2.75, 3.05) is 6.54 Å². The summed E-state index contributed by atoms with van der Waals surface area (Å²) in [7, 11) is 0. The maximum Gasteiger partial charge on any atom is 0.325 e. The average molecular weight is 271 g/mol. The quantitative estimate of drug-likeness (QED) is 0.756. The summed E-state index contributed by atoms with van der Waals surface area (Å²) in [6.07, 6.45) is 0. The maximum absolute atomic E-state index is 9.67. The first-order valence-electron chi connectivity index (χ1n) is 5.27. The minimum absolute atomic E-state index is 0.477. The average Bonchev–Trinajstić information content (AvgIpc) is 1.73. The van der Waals surface area contributed by atoms with E-state index < -0.39 is 17.9 Å². The summed E-state index contributed by atoms with van der Waals surface area (Å²) in [5.41, 5.74) is 3.89. The summed E-state index contributed by atoms with van der Waals surface area (Å²) < 4.78 is 10.5. The molecule has 0 saturated carbocycles. The number of nitrogens with two attached hydrogens (primary N) is 1. The van der Waals surface area contributed by atoms with Crippen LogP contribution in [0.2, 0.25) is 0 Å². The van der Waals surface area contributed by atoms with E-state index in [4.69, 9.17) is 26.6 Å². The smallest absolute Gasteiger partial charge is 0.325 e. The fourth-order valence-corrected chi connectivity index (χ4v) is 3.47. The van der Waals surface area contributed by atoms with E-state index in [1.165, 1.54) is 0 Å². The lowest BCUT2D eigenvalue weighted by Gasteiger charge is -2.30. The molecule has 0 aliphatic carbocycles. The molecule has 0 saturated heterocycles. The van der Waals surface area contributed by atoms with E-state index in [2.05, 4.69) is 0 Å². The summed E-state index contributed by atoms with van der Waals surface area (Å²) in [4.78, 5) is 9.67. The summed E-state index contributed by atoms with van der Waals surface area (Å²) in [5.74, 6) is 0. The largest absolute Gasteiger partial charge is 0.331 e. The number of hydrogen-bond donors (Lipinski definition) is 2. The zero-order chi connectivity index (χ0) is 13.6. The van der Waals surface area contributed by atoms with Crippen LogP contribution >= 0.6 is 6.72 Å². The van der Waals surface area contributed by atoms with Crippen LogP contribution in [0.4, 0.5) is 0 Å². The van der Waals surface area contributed by atoms with Crippen LogP contribution in [0.15, 0.2) is 0 Å². The van der Waals surface area contributed by atoms with Gasteiger partial charge >= 0.3 is 6.72 Å². The predicted octanol–water partition coefficient (Wildman–Crippen LogP) is 2.80. The lowest BCUT2D eigenvalue weighted by atomic mass is 10.2. The Labute approximate surface area is 105 Å². The lowest BCUT2D eigenvalue weighted by Crippen LogP contribution is -2.23. The van der Waals surface area contributed by atoms with Gasteiger partial charge in [0.2, 0.25) is 0 Å². The minimum Gasteiger partial charge on any atom is -0.331 e. The van der Waals surface area contributed by atoms with Gasteiger partial charge in [-0.25, -0.2) is 0 Å². The van der Waals surface area contributed by atoms with Crippen molar-refractivity contribution in [1.29, 1.82) is 0 Å². The zero-order valence-corrected chi connectivity index (χ0v) is 13.1. The third-order valence-corrected chi connectivity index (χ3v) is 2.78. The van der Waals surface area contributed by atoms with Gasteiger partial charge in [-0.15, -0.1) is 0 Å². The SMILES string of the molecule is CC(C)(C)OP(O)(=S)OC(C)(C)C.CCN. The van der Waals surface area contributed by atoms with Crippen LogP contribution in [0.3, 0.4) is 0 Å². The first kappa shape index (κ1) is 18.8. The van der Waals surface area contributed by atoms with Crippen LogP contribution < -0.4 is 5.73 Å². The van der Waals surface area contributed by atoms with Crippen LogP contribution in [-0.2, 0) is 20.9 Å². The molecule has 0 aromatic carbocycles. The van der Waals surface area contributed by atoms with Crippen LogP contribution in [-0.4, -0.2) is 22.6 Å². The van der Waals surface area contributed by atoms with Crippen LogP contribution in [0, 0.1) is 0 Å². The summed E-state index contributed by atoms with van der Waals surface area (Å²) in [6.45, 7) is 10.5. The molecule has 0 bridgehead atoms. The van der Waals surface area contributed by atoms with Gasteiger partial charge in [0.05, 0.1) is 11.2 Å². The standard InChI is InChI=1S/C8H19O3PS.C2H7N/c1-7(2,3)10-12(9,13)11-8(4,5)6;1-2-3/h1-6H3,(H,9,13);2-3H2,1H3. The van der Waals surface area contributed by atoms with Crippen molar-refractivity contribution in [3.05, 3.63) is 0 Å². The molecule has 0 aliphatic rings. The molecule has 0 aromatic heterocycles. The Balaban J connectivity index is 0. The van der Waals surface area contributed by atoms with Crippen LogP contribution in [0.5, 0.6) is 0 Å². The van der Waals surface area contributed by atoms with Gasteiger partial charge in [0.1, 0.15) is 0 Å². The Morgan fingerprint density at radius 2 is 1.25 bits per heavy atom. The lowest BCUT2D eigenvalue weighted by molar-refractivity contribution is 0.0450. The molecule has 16 heavy (non-hydrogen) atoms. The van der Waals surface area contributed by atoms with E-state index in [9.17, 15) is 4.89 Å². The first-order valence-corrected chi connectivity index (χ1v) is 7.86. The Hall–Kier alpha value is 0.490. The topological polar surface area (TPSA) is 64.7 Å². The third kappa shape index (κ3) is 16.9. The molecule has 6 heteroatoms. The second-order valence-electron chi connectivity index (χ2n) is 5.28. The molecule has 0 atom stereocenters. The highest BCUT2D eigenvalue weighted by atomic mass is 32.5. The van der Waals surface area contributed by atoms with E-state index in [-0.39, 0.29) is 0 Å². The summed E-state index contributed by atoms with van der Waals surface area (Å²) in [5, 5.41) is 0. The van der Waals surface area contributed by atoms with Gasteiger partial charge in [-0.1, -0.05) is 6.92 Å². The molecule has 4 nitrogen and oxygen atoms in total. The summed E-state index contributed by atoms with van der Waals surface area (Å²) in [6, 6.07) is 0. The monoisotopic (exact) mass is 271 g/mol. The second kappa shape index (κ2) is 7.04. The molecule has 0 amide bonds. The molecular weight excluding hydrogens is 245 g/mol. The highest BCUT2D eigenvalue weighted by molar-refractivity contribution is 8.07. The molecule has 0 aromatic rings. The van der Waals surface area contributed by atoms with E-state index in [0.29, 0.717) is 0 Å². The zero-order valence-electron chi connectivity index (χ0n) is 11.4. The van der Waals surface area contributed by atoms with Gasteiger partial charge < -0.3 is 19.7 Å². The van der Waals surface area contributed by atoms with Gasteiger partial charge in [-0.3, -0.25) is 0 Å². The Morgan fingerprint density at radius 3 is 1.38 bits per heavy atom. The molecule has 0 rings (SSSR count). The van der Waals surface area contributed by atoms with Crippen molar-refractivity contribution in [2.45, 2.75) is 59.7 Å². The van der Waals surface area contributed by atoms with Gasteiger partial charge in [0, 0.05) is 0 Å². The Morgan fingerprint density at radius 1 is 1.06 bits per heavy atom. The van der Waals surface area contributed by atoms with Crippen molar-refractivity contribution < 1.29 is 13.9 Å². The molecule has 0 fully saturated rings. The normalized spacial score (nSPS) is 13.1. The fraction of sp³-hybridized carbons (Fsp3) is 1.00. The van der Waals surface area contributed by atoms with E-state index in [1.54, 1.807) is 0 Å². The molecule has 0 radical (unpaired) electrons. The third-order valence-electron chi connectivity index (χ3n) is 0.778. The van der Waals surface area contributed by atoms with Gasteiger partial charge in [0.25, 0.3) is 0 Å². The van der Waals surface area contributed by atoms with Gasteiger partial charge in [-0.05, 0) is 59.9 Å². The number of rotatable bonds is 2. The van der Waals surface area contributed by atoms with Crippen molar-refractivity contribution in [2.24, 2.45) is 5.73 Å². The van der Waals surface area contributed by atoms with E-state index >= 15 is 0 Å². The van der Waals surface area contributed by atoms with Crippen LogP contribution in [0.1, 0.15) is 48.5 Å². The van der Waals surface area contributed by atoms with Crippen molar-refractivity contribution in [1.82, 2.24) is 0 Å². The van der Waals surface area contributed by atoms with Crippen LogP contribution in [0.25, 0.3) is 0 Å². The van der Waals surface area contributed by atoms with Gasteiger partial charge in [-0.2, -0.15) is 0 Å². The molecule has 3 N–H and O–H groups in total. The van der Waals surface area contributed by atoms with E-state index in [1.807, 2.05) is 48.5 Å². The van der Waals surface area contributed by atoms with E-state index in [0.717, 1.165) is 6.54 Å². The molecule has 0 spiro atoms. The Kier molecular flexibility index (Phi) is 8.29. The highest BCUT2D eigenvalue weighted by Gasteiger charge is 2.28. The molecule has 100 valence electrons. The van der Waals surface area contributed by atoms with Crippen molar-refractivity contribution in [3.8, 4) is 0 Å². The predicted molar refractivity (Wildman–Crippen MR) is 72.9 cm³/mol. The van der Waals surface area contributed by atoms with Crippen molar-refractivity contribution in [3.63, 3.8) is 0 Å². The molecular formula is C10H26NO3PS. The molecule has 0 heterocycles. The molecule has 0 unspecified atom stereocenters. The first-order chi connectivity index (χ1) is 6.83. The second-order valence-corrected chi connectivity index (χ2v) is 7.97. The van der Waals surface area contributed by atoms with Crippen molar-refractivity contribution >= 4 is 18.5 Å². The van der Waals surface area contributed by atoms with Gasteiger partial charge in [0.15, 0.2) is 0 Å².